The minimum absolute atomic E-state index is 0.00816. The van der Waals surface area contributed by atoms with Crippen LogP contribution in [-0.2, 0) is 0 Å². The van der Waals surface area contributed by atoms with Crippen molar-refractivity contribution in [2.75, 3.05) is 0 Å². The van der Waals surface area contributed by atoms with Gasteiger partial charge < -0.3 is 0 Å². The highest BCUT2D eigenvalue weighted by Gasteiger charge is 2.30. The average molecular weight is 413 g/mol. The third-order valence-electron chi connectivity index (χ3n) is 4.74. The Hall–Kier alpha value is -2.24. The summed E-state index contributed by atoms with van der Waals surface area (Å²) in [6.45, 7) is 13.7. The lowest BCUT2D eigenvalue weighted by Crippen LogP contribution is -2.07. The molecule has 1 aliphatic heterocycles. The normalized spacial score (nSPS) is 14.9. The van der Waals surface area contributed by atoms with Gasteiger partial charge in [0.15, 0.2) is 5.82 Å². The quantitative estimate of drug-likeness (QED) is 0.457. The zero-order valence-corrected chi connectivity index (χ0v) is 18.5. The number of hydrogen-bond acceptors (Lipinski definition) is 4. The molecule has 0 amide bonds. The highest BCUT2D eigenvalue weighted by Crippen LogP contribution is 2.39. The van der Waals surface area contributed by atoms with Crippen LogP contribution in [0.3, 0.4) is 0 Å². The van der Waals surface area contributed by atoms with Crippen molar-refractivity contribution >= 4 is 28.6 Å². The average Bonchev–Trinajstić information content (AvgIpc) is 3.13. The Morgan fingerprint density at radius 2 is 1.82 bits per heavy atom. The van der Waals surface area contributed by atoms with E-state index in [1.54, 1.807) is 17.4 Å². The van der Waals surface area contributed by atoms with Crippen molar-refractivity contribution in [3.05, 3.63) is 75.2 Å². The number of aryl methyl sites for hydroxylation is 2. The van der Waals surface area contributed by atoms with Crippen LogP contribution in [0.4, 0.5) is 0 Å². The molecule has 0 N–H and O–H groups in total. The molecule has 0 bridgehead atoms. The van der Waals surface area contributed by atoms with E-state index in [0.717, 1.165) is 39.4 Å². The summed E-state index contributed by atoms with van der Waals surface area (Å²) in [5.41, 5.74) is 4.56. The number of halogens is 1. The molecular formula is C22H25ClN4S. The van der Waals surface area contributed by atoms with Gasteiger partial charge in [0, 0.05) is 21.0 Å². The molecule has 0 aliphatic carbocycles. The number of aliphatic imine (C=N–C) groups is 1. The van der Waals surface area contributed by atoms with E-state index in [2.05, 4.69) is 42.1 Å². The standard InChI is InChI=1S/C19H19ClN4S.C3H6/c1-5-15-18-23-22-12(4)24(18)19-16(10(2)11(3)25-19)17(21-15)13-6-8-14(20)9-7-13;1-3-2/h6-9,15H,5H2,1-4H3;3H,1H2,2H3/t15-;/m0./s1. The summed E-state index contributed by atoms with van der Waals surface area (Å²) in [7, 11) is 0. The lowest BCUT2D eigenvalue weighted by atomic mass is 10.00. The van der Waals surface area contributed by atoms with E-state index < -0.39 is 0 Å². The van der Waals surface area contributed by atoms with Crippen LogP contribution in [0.15, 0.2) is 41.9 Å². The van der Waals surface area contributed by atoms with Gasteiger partial charge in [0.1, 0.15) is 16.9 Å². The molecule has 4 rings (SSSR count). The van der Waals surface area contributed by atoms with E-state index in [9.17, 15) is 0 Å². The van der Waals surface area contributed by atoms with Crippen LogP contribution < -0.4 is 0 Å². The van der Waals surface area contributed by atoms with Gasteiger partial charge >= 0.3 is 0 Å². The zero-order valence-electron chi connectivity index (χ0n) is 17.0. The van der Waals surface area contributed by atoms with E-state index in [1.807, 2.05) is 38.1 Å². The number of aromatic nitrogens is 3. The highest BCUT2D eigenvalue weighted by molar-refractivity contribution is 7.15. The minimum atomic E-state index is -0.00816. The first kappa shape index (κ1) is 20.5. The smallest absolute Gasteiger partial charge is 0.163 e. The van der Waals surface area contributed by atoms with Gasteiger partial charge in [-0.2, -0.15) is 0 Å². The van der Waals surface area contributed by atoms with Crippen LogP contribution in [0, 0.1) is 20.8 Å². The van der Waals surface area contributed by atoms with Gasteiger partial charge in [-0.1, -0.05) is 36.7 Å². The SMILES string of the molecule is C=CC.CC[C@@H]1N=C(c2ccc(Cl)cc2)c2c(sc(C)c2C)-n2c(C)nnc21. The molecule has 6 heteroatoms. The lowest BCUT2D eigenvalue weighted by Gasteiger charge is -2.10. The molecule has 1 aliphatic rings. The Morgan fingerprint density at radius 3 is 2.43 bits per heavy atom. The third kappa shape index (κ3) is 3.56. The Kier molecular flexibility index (Phi) is 6.16. The van der Waals surface area contributed by atoms with Crippen molar-refractivity contribution in [3.8, 4) is 5.00 Å². The van der Waals surface area contributed by atoms with Crippen molar-refractivity contribution in [1.82, 2.24) is 14.8 Å². The third-order valence-corrected chi connectivity index (χ3v) is 6.19. The Morgan fingerprint density at radius 1 is 1.18 bits per heavy atom. The summed E-state index contributed by atoms with van der Waals surface area (Å²) in [5.74, 6) is 1.83. The fraction of sp³-hybridized carbons (Fsp3) is 0.318. The second kappa shape index (κ2) is 8.41. The molecule has 1 atom stereocenters. The number of rotatable bonds is 2. The fourth-order valence-corrected chi connectivity index (χ4v) is 4.61. The number of thiophene rings is 1. The maximum absolute atomic E-state index is 6.09. The fourth-order valence-electron chi connectivity index (χ4n) is 3.27. The largest absolute Gasteiger partial charge is 0.273 e. The first-order valence-electron chi connectivity index (χ1n) is 9.36. The van der Waals surface area contributed by atoms with Gasteiger partial charge in [0.05, 0.1) is 5.71 Å². The molecule has 0 radical (unpaired) electrons. The topological polar surface area (TPSA) is 43.1 Å². The summed E-state index contributed by atoms with van der Waals surface area (Å²) in [5, 5.41) is 10.7. The molecule has 0 fully saturated rings. The Bertz CT molecular complexity index is 1030. The van der Waals surface area contributed by atoms with E-state index >= 15 is 0 Å². The maximum atomic E-state index is 6.09. The molecule has 0 saturated carbocycles. The van der Waals surface area contributed by atoms with E-state index in [4.69, 9.17) is 16.6 Å². The summed E-state index contributed by atoms with van der Waals surface area (Å²) in [6, 6.07) is 7.92. The minimum Gasteiger partial charge on any atom is -0.273 e. The molecule has 0 unspecified atom stereocenters. The van der Waals surface area contributed by atoms with Gasteiger partial charge in [-0.25, -0.2) is 0 Å². The van der Waals surface area contributed by atoms with Gasteiger partial charge in [0.2, 0.25) is 0 Å². The van der Waals surface area contributed by atoms with Crippen molar-refractivity contribution in [3.63, 3.8) is 0 Å². The van der Waals surface area contributed by atoms with Gasteiger partial charge in [0.25, 0.3) is 0 Å². The van der Waals surface area contributed by atoms with Crippen molar-refractivity contribution < 1.29 is 0 Å². The second-order valence-electron chi connectivity index (χ2n) is 6.72. The van der Waals surface area contributed by atoms with Crippen molar-refractivity contribution in [1.29, 1.82) is 0 Å². The number of fused-ring (bicyclic) bond motifs is 3. The lowest BCUT2D eigenvalue weighted by molar-refractivity contribution is 0.641. The molecule has 3 aromatic rings. The summed E-state index contributed by atoms with van der Waals surface area (Å²) in [4.78, 5) is 6.41. The molecule has 0 saturated heterocycles. The number of hydrogen-bond donors (Lipinski definition) is 0. The number of nitrogens with zero attached hydrogens (tertiary/aromatic N) is 4. The van der Waals surface area contributed by atoms with E-state index in [0.29, 0.717) is 0 Å². The van der Waals surface area contributed by atoms with Crippen LogP contribution in [0.5, 0.6) is 0 Å². The van der Waals surface area contributed by atoms with Crippen molar-refractivity contribution in [2.45, 2.75) is 47.1 Å². The second-order valence-corrected chi connectivity index (χ2v) is 8.36. The summed E-state index contributed by atoms with van der Waals surface area (Å²) < 4.78 is 2.18. The van der Waals surface area contributed by atoms with Crippen LogP contribution in [0.2, 0.25) is 5.02 Å². The molecule has 2 aromatic heterocycles. The molecule has 3 heterocycles. The predicted molar refractivity (Wildman–Crippen MR) is 119 cm³/mol. The number of benzene rings is 1. The molecule has 28 heavy (non-hydrogen) atoms. The molecular weight excluding hydrogens is 388 g/mol. The summed E-state index contributed by atoms with van der Waals surface area (Å²) in [6.07, 6.45) is 2.63. The highest BCUT2D eigenvalue weighted by atomic mass is 35.5. The van der Waals surface area contributed by atoms with Crippen LogP contribution in [-0.4, -0.2) is 20.5 Å². The van der Waals surface area contributed by atoms with Gasteiger partial charge in [-0.15, -0.1) is 28.1 Å². The van der Waals surface area contributed by atoms with Gasteiger partial charge in [-0.05, 0) is 51.8 Å². The van der Waals surface area contributed by atoms with E-state index in [1.165, 1.54) is 16.0 Å². The molecule has 1 aromatic carbocycles. The van der Waals surface area contributed by atoms with E-state index in [-0.39, 0.29) is 6.04 Å². The predicted octanol–water partition coefficient (Wildman–Crippen LogP) is 6.40. The first-order chi connectivity index (χ1) is 13.4. The van der Waals surface area contributed by atoms with Gasteiger partial charge in [-0.3, -0.25) is 9.56 Å². The number of allylic oxidation sites excluding steroid dienone is 1. The summed E-state index contributed by atoms with van der Waals surface area (Å²) >= 11 is 7.87. The van der Waals surface area contributed by atoms with Crippen molar-refractivity contribution in [2.24, 2.45) is 4.99 Å². The van der Waals surface area contributed by atoms with Crippen LogP contribution in [0.1, 0.15) is 59.5 Å². The zero-order chi connectivity index (χ0) is 20.4. The molecule has 146 valence electrons. The Balaban J connectivity index is 0.000000706. The first-order valence-corrected chi connectivity index (χ1v) is 10.6. The Labute approximate surface area is 175 Å². The van der Waals surface area contributed by atoms with Crippen LogP contribution >= 0.6 is 22.9 Å². The molecule has 0 spiro atoms. The van der Waals surface area contributed by atoms with Crippen LogP contribution in [0.25, 0.3) is 5.00 Å². The maximum Gasteiger partial charge on any atom is 0.163 e. The monoisotopic (exact) mass is 412 g/mol. The molecule has 4 nitrogen and oxygen atoms in total.